The van der Waals surface area contributed by atoms with Gasteiger partial charge in [-0.3, -0.25) is 0 Å². The molecule has 0 aromatic rings. The highest BCUT2D eigenvalue weighted by molar-refractivity contribution is 5.83. The highest BCUT2D eigenvalue weighted by Crippen LogP contribution is 2.27. The van der Waals surface area contributed by atoms with Gasteiger partial charge in [-0.05, 0) is 6.08 Å². The van der Waals surface area contributed by atoms with Gasteiger partial charge < -0.3 is 9.47 Å². The third-order valence-electron chi connectivity index (χ3n) is 2.12. The normalized spacial score (nSPS) is 39.0. The number of fused-ring (bicyclic) bond motifs is 1. The van der Waals surface area contributed by atoms with Crippen LogP contribution in [0.5, 0.6) is 0 Å². The fraction of sp³-hybridized carbons (Fsp3) is 0.444. The van der Waals surface area contributed by atoms with Crippen molar-refractivity contribution in [3.8, 4) is 0 Å². The Hall–Kier alpha value is -1.09. The van der Waals surface area contributed by atoms with Crippen LogP contribution in [-0.2, 0) is 14.3 Å². The van der Waals surface area contributed by atoms with Crippen molar-refractivity contribution in [3.63, 3.8) is 0 Å². The van der Waals surface area contributed by atoms with Gasteiger partial charge in [0.25, 0.3) is 0 Å². The Labute approximate surface area is 70.7 Å². The Morgan fingerprint density at radius 3 is 3.25 bits per heavy atom. The monoisotopic (exact) mass is 166 g/mol. The fourth-order valence-electron chi connectivity index (χ4n) is 1.51. The van der Waals surface area contributed by atoms with Gasteiger partial charge in [0.05, 0.1) is 6.10 Å². The Kier molecular flexibility index (Phi) is 1.73. The number of carbonyl (C=O) groups is 1. The van der Waals surface area contributed by atoms with E-state index in [1.54, 1.807) is 12.2 Å². The average molecular weight is 166 g/mol. The van der Waals surface area contributed by atoms with Gasteiger partial charge in [0.1, 0.15) is 12.2 Å². The van der Waals surface area contributed by atoms with Gasteiger partial charge in [-0.1, -0.05) is 6.08 Å². The third kappa shape index (κ3) is 1.16. The molecule has 0 aliphatic carbocycles. The van der Waals surface area contributed by atoms with Gasteiger partial charge >= 0.3 is 5.97 Å². The summed E-state index contributed by atoms with van der Waals surface area (Å²) in [7, 11) is 0. The van der Waals surface area contributed by atoms with Crippen LogP contribution in [-0.4, -0.2) is 24.3 Å². The molecule has 1 fully saturated rings. The Morgan fingerprint density at radius 2 is 2.50 bits per heavy atom. The van der Waals surface area contributed by atoms with Crippen molar-refractivity contribution in [2.24, 2.45) is 0 Å². The molecule has 64 valence electrons. The van der Waals surface area contributed by atoms with E-state index in [1.165, 1.54) is 6.08 Å². The van der Waals surface area contributed by atoms with E-state index in [9.17, 15) is 4.79 Å². The molecule has 0 bridgehead atoms. The molecule has 3 atom stereocenters. The topological polar surface area (TPSA) is 35.5 Å². The lowest BCUT2D eigenvalue weighted by Gasteiger charge is -2.18. The van der Waals surface area contributed by atoms with Crippen LogP contribution in [0.2, 0.25) is 0 Å². The molecule has 0 aromatic carbocycles. The molecule has 2 aliphatic heterocycles. The molecule has 0 saturated carbocycles. The maximum atomic E-state index is 10.8. The smallest absolute Gasteiger partial charge is 0.330 e. The van der Waals surface area contributed by atoms with E-state index in [0.29, 0.717) is 0 Å². The summed E-state index contributed by atoms with van der Waals surface area (Å²) in [6.45, 7) is 3.63. The first-order valence-corrected chi connectivity index (χ1v) is 3.96. The second-order valence-electron chi connectivity index (χ2n) is 2.95. The van der Waals surface area contributed by atoms with Crippen molar-refractivity contribution in [1.82, 2.24) is 0 Å². The fourth-order valence-corrected chi connectivity index (χ4v) is 1.51. The zero-order valence-electron chi connectivity index (χ0n) is 6.60. The number of esters is 1. The highest BCUT2D eigenvalue weighted by Gasteiger charge is 2.36. The summed E-state index contributed by atoms with van der Waals surface area (Å²) >= 11 is 0. The second kappa shape index (κ2) is 2.75. The number of ether oxygens (including phenoxy) is 2. The summed E-state index contributed by atoms with van der Waals surface area (Å²) in [5, 5.41) is 0. The van der Waals surface area contributed by atoms with Gasteiger partial charge in [-0.2, -0.15) is 0 Å². The number of carbonyl (C=O) groups excluding carboxylic acids is 1. The zero-order valence-corrected chi connectivity index (χ0v) is 6.60. The van der Waals surface area contributed by atoms with Crippen molar-refractivity contribution in [1.29, 1.82) is 0 Å². The molecule has 0 unspecified atom stereocenters. The second-order valence-corrected chi connectivity index (χ2v) is 2.95. The maximum Gasteiger partial charge on any atom is 0.330 e. The quantitative estimate of drug-likeness (QED) is 0.427. The molecule has 2 heterocycles. The SMILES string of the molecule is C=C[C@@H]1C[C@@H]2OC(=O)C=C[C@@H]2O1. The van der Waals surface area contributed by atoms with Crippen molar-refractivity contribution in [3.05, 3.63) is 24.8 Å². The molecular weight excluding hydrogens is 156 g/mol. The summed E-state index contributed by atoms with van der Waals surface area (Å²) in [5.74, 6) is -0.274. The van der Waals surface area contributed by atoms with E-state index < -0.39 is 0 Å². The predicted octanol–water partition coefficient (Wildman–Crippen LogP) is 0.811. The molecule has 2 aliphatic rings. The third-order valence-corrected chi connectivity index (χ3v) is 2.12. The Balaban J connectivity index is 2.11. The number of rotatable bonds is 1. The Morgan fingerprint density at radius 1 is 1.67 bits per heavy atom. The van der Waals surface area contributed by atoms with E-state index in [0.717, 1.165) is 6.42 Å². The van der Waals surface area contributed by atoms with Crippen LogP contribution < -0.4 is 0 Å². The van der Waals surface area contributed by atoms with Gasteiger partial charge in [-0.15, -0.1) is 6.58 Å². The van der Waals surface area contributed by atoms with Crippen LogP contribution in [0.4, 0.5) is 0 Å². The molecule has 3 heteroatoms. The zero-order chi connectivity index (χ0) is 8.55. The summed E-state index contributed by atoms with van der Waals surface area (Å²) in [4.78, 5) is 10.8. The van der Waals surface area contributed by atoms with E-state index in [4.69, 9.17) is 9.47 Å². The van der Waals surface area contributed by atoms with Gasteiger partial charge in [0.2, 0.25) is 0 Å². The molecular formula is C9H10O3. The summed E-state index contributed by atoms with van der Waals surface area (Å²) in [6, 6.07) is 0. The summed E-state index contributed by atoms with van der Waals surface area (Å²) < 4.78 is 10.5. The van der Waals surface area contributed by atoms with E-state index in [-0.39, 0.29) is 24.3 Å². The minimum atomic E-state index is -0.274. The van der Waals surface area contributed by atoms with Gasteiger partial charge in [-0.25, -0.2) is 4.79 Å². The van der Waals surface area contributed by atoms with Gasteiger partial charge in [0.15, 0.2) is 0 Å². The standard InChI is InChI=1S/C9H10O3/c1-2-6-5-8-7(11-6)3-4-9(10)12-8/h2-4,6-8H,1,5H2/t6-,7+,8+/m1/s1. The highest BCUT2D eigenvalue weighted by atomic mass is 16.6. The minimum absolute atomic E-state index is 0.0237. The summed E-state index contributed by atoms with van der Waals surface area (Å²) in [6.07, 6.45) is 5.48. The Bertz CT molecular complexity index is 244. The lowest BCUT2D eigenvalue weighted by molar-refractivity contribution is -0.146. The van der Waals surface area contributed by atoms with Crippen LogP contribution >= 0.6 is 0 Å². The van der Waals surface area contributed by atoms with E-state index >= 15 is 0 Å². The van der Waals surface area contributed by atoms with Crippen LogP contribution in [0.1, 0.15) is 6.42 Å². The van der Waals surface area contributed by atoms with Crippen molar-refractivity contribution >= 4 is 5.97 Å². The lowest BCUT2D eigenvalue weighted by atomic mass is 10.1. The molecule has 3 nitrogen and oxygen atoms in total. The molecule has 1 saturated heterocycles. The molecule has 12 heavy (non-hydrogen) atoms. The largest absolute Gasteiger partial charge is 0.456 e. The number of hydrogen-bond donors (Lipinski definition) is 0. The van der Waals surface area contributed by atoms with Crippen LogP contribution in [0.15, 0.2) is 24.8 Å². The molecule has 0 N–H and O–H groups in total. The molecule has 0 radical (unpaired) electrons. The molecule has 0 aromatic heterocycles. The summed E-state index contributed by atoms with van der Waals surface area (Å²) in [5.41, 5.74) is 0. The van der Waals surface area contributed by atoms with Crippen LogP contribution in [0.25, 0.3) is 0 Å². The molecule has 0 spiro atoms. The average Bonchev–Trinajstić information content (AvgIpc) is 2.46. The lowest BCUT2D eigenvalue weighted by Crippen LogP contribution is -2.28. The predicted molar refractivity (Wildman–Crippen MR) is 42.5 cm³/mol. The van der Waals surface area contributed by atoms with E-state index in [2.05, 4.69) is 6.58 Å². The van der Waals surface area contributed by atoms with Crippen molar-refractivity contribution < 1.29 is 14.3 Å². The van der Waals surface area contributed by atoms with E-state index in [1.807, 2.05) is 0 Å². The van der Waals surface area contributed by atoms with Crippen molar-refractivity contribution in [2.75, 3.05) is 0 Å². The first-order valence-electron chi connectivity index (χ1n) is 3.96. The van der Waals surface area contributed by atoms with Crippen LogP contribution in [0.3, 0.4) is 0 Å². The molecule has 2 rings (SSSR count). The first kappa shape index (κ1) is 7.55. The van der Waals surface area contributed by atoms with Crippen LogP contribution in [0, 0.1) is 0 Å². The maximum absolute atomic E-state index is 10.8. The minimum Gasteiger partial charge on any atom is -0.456 e. The van der Waals surface area contributed by atoms with Gasteiger partial charge in [0, 0.05) is 12.5 Å². The number of hydrogen-bond acceptors (Lipinski definition) is 3. The first-order chi connectivity index (χ1) is 5.79. The van der Waals surface area contributed by atoms with Crippen molar-refractivity contribution in [2.45, 2.75) is 24.7 Å². The molecule has 0 amide bonds.